The molecule has 2 rings (SSSR count). The van der Waals surface area contributed by atoms with E-state index in [1.807, 2.05) is 6.20 Å². The van der Waals surface area contributed by atoms with Gasteiger partial charge in [-0.2, -0.15) is 0 Å². The zero-order valence-electron chi connectivity index (χ0n) is 9.23. The van der Waals surface area contributed by atoms with Crippen molar-refractivity contribution in [2.24, 2.45) is 0 Å². The largest absolute Gasteiger partial charge is 0.348 e. The van der Waals surface area contributed by atoms with Crippen molar-refractivity contribution in [3.63, 3.8) is 0 Å². The highest BCUT2D eigenvalue weighted by Crippen LogP contribution is 2.14. The Labute approximate surface area is 99.7 Å². The van der Waals surface area contributed by atoms with E-state index in [0.717, 1.165) is 18.9 Å². The van der Waals surface area contributed by atoms with Crippen molar-refractivity contribution in [3.05, 3.63) is 48.0 Å². The van der Waals surface area contributed by atoms with Crippen LogP contribution in [-0.2, 0) is 13.1 Å². The molecule has 0 spiro atoms. The molecule has 1 aromatic heterocycles. The summed E-state index contributed by atoms with van der Waals surface area (Å²) in [5.74, 6) is 0.973. The first kappa shape index (κ1) is 11.2. The second-order valence-corrected chi connectivity index (χ2v) is 4.37. The van der Waals surface area contributed by atoms with Gasteiger partial charge in [0.05, 0.1) is 6.54 Å². The van der Waals surface area contributed by atoms with Gasteiger partial charge in [0.25, 0.3) is 0 Å². The summed E-state index contributed by atoms with van der Waals surface area (Å²) in [4.78, 5) is 8.52. The van der Waals surface area contributed by atoms with Gasteiger partial charge in [0.1, 0.15) is 5.82 Å². The fourth-order valence-electron chi connectivity index (χ4n) is 1.46. The molecule has 1 aromatic carbocycles. The molecule has 0 aliphatic carbocycles. The number of imidazole rings is 1. The van der Waals surface area contributed by atoms with E-state index in [2.05, 4.69) is 45.8 Å². The molecule has 0 aliphatic rings. The van der Waals surface area contributed by atoms with Crippen LogP contribution in [0.25, 0.3) is 0 Å². The van der Waals surface area contributed by atoms with Gasteiger partial charge in [0, 0.05) is 23.8 Å². The number of nitrogens with one attached hydrogen (secondary N) is 2. The van der Waals surface area contributed by atoms with E-state index in [1.54, 1.807) is 18.0 Å². The fraction of sp³-hybridized carbons (Fsp3) is 0.250. The van der Waals surface area contributed by atoms with Crippen molar-refractivity contribution in [3.8, 4) is 0 Å². The highest BCUT2D eigenvalue weighted by atomic mass is 32.2. The molecule has 1 heterocycles. The minimum atomic E-state index is 0.775. The summed E-state index contributed by atoms with van der Waals surface area (Å²) >= 11 is 1.76. The molecule has 2 aromatic rings. The van der Waals surface area contributed by atoms with Crippen LogP contribution in [0.2, 0.25) is 0 Å². The molecule has 4 heteroatoms. The molecule has 0 radical (unpaired) electrons. The minimum Gasteiger partial charge on any atom is -0.348 e. The third-order valence-electron chi connectivity index (χ3n) is 2.34. The Morgan fingerprint density at radius 2 is 2.06 bits per heavy atom. The molecule has 0 amide bonds. The number of hydrogen-bond acceptors (Lipinski definition) is 3. The van der Waals surface area contributed by atoms with E-state index in [9.17, 15) is 0 Å². The van der Waals surface area contributed by atoms with Crippen LogP contribution in [0.1, 0.15) is 11.4 Å². The van der Waals surface area contributed by atoms with Crippen molar-refractivity contribution in [1.82, 2.24) is 15.3 Å². The van der Waals surface area contributed by atoms with Crippen molar-refractivity contribution < 1.29 is 0 Å². The smallest absolute Gasteiger partial charge is 0.120 e. The van der Waals surface area contributed by atoms with Crippen LogP contribution in [0.15, 0.2) is 41.6 Å². The Morgan fingerprint density at radius 3 is 2.69 bits per heavy atom. The number of thioether (sulfide) groups is 1. The molecule has 0 atom stereocenters. The maximum absolute atomic E-state index is 4.15. The van der Waals surface area contributed by atoms with Gasteiger partial charge in [-0.25, -0.2) is 4.98 Å². The number of nitrogens with zero attached hydrogens (tertiary/aromatic N) is 1. The fourth-order valence-corrected chi connectivity index (χ4v) is 1.87. The lowest BCUT2D eigenvalue weighted by molar-refractivity contribution is 0.668. The number of H-pyrrole nitrogens is 1. The summed E-state index contributed by atoms with van der Waals surface area (Å²) in [7, 11) is 0. The molecule has 84 valence electrons. The quantitative estimate of drug-likeness (QED) is 0.779. The van der Waals surface area contributed by atoms with Crippen LogP contribution in [0, 0.1) is 0 Å². The van der Waals surface area contributed by atoms with Gasteiger partial charge in [0.2, 0.25) is 0 Å². The molecule has 2 N–H and O–H groups in total. The molecule has 0 saturated heterocycles. The molecular weight excluding hydrogens is 218 g/mol. The molecule has 0 aliphatic heterocycles. The Balaban J connectivity index is 1.81. The first-order chi connectivity index (χ1) is 7.88. The van der Waals surface area contributed by atoms with E-state index in [1.165, 1.54) is 10.5 Å². The minimum absolute atomic E-state index is 0.775. The van der Waals surface area contributed by atoms with Crippen LogP contribution in [0.4, 0.5) is 0 Å². The maximum atomic E-state index is 4.15. The predicted octanol–water partition coefficient (Wildman–Crippen LogP) is 2.42. The second kappa shape index (κ2) is 5.72. The third-order valence-corrected chi connectivity index (χ3v) is 3.08. The average molecular weight is 233 g/mol. The van der Waals surface area contributed by atoms with Crippen LogP contribution in [0.3, 0.4) is 0 Å². The average Bonchev–Trinajstić information content (AvgIpc) is 2.83. The summed E-state index contributed by atoms with van der Waals surface area (Å²) < 4.78 is 0. The summed E-state index contributed by atoms with van der Waals surface area (Å²) in [5, 5.41) is 3.34. The topological polar surface area (TPSA) is 40.7 Å². The summed E-state index contributed by atoms with van der Waals surface area (Å²) in [5.41, 5.74) is 1.30. The molecule has 0 fully saturated rings. The van der Waals surface area contributed by atoms with Crippen molar-refractivity contribution in [2.45, 2.75) is 18.0 Å². The van der Waals surface area contributed by atoms with Gasteiger partial charge in [-0.15, -0.1) is 11.8 Å². The Bertz CT molecular complexity index is 408. The van der Waals surface area contributed by atoms with Crippen LogP contribution < -0.4 is 5.32 Å². The van der Waals surface area contributed by atoms with Gasteiger partial charge in [-0.1, -0.05) is 12.1 Å². The number of rotatable bonds is 5. The molecule has 0 saturated carbocycles. The van der Waals surface area contributed by atoms with Gasteiger partial charge in [-0.05, 0) is 24.0 Å². The van der Waals surface area contributed by atoms with E-state index in [4.69, 9.17) is 0 Å². The van der Waals surface area contributed by atoms with Gasteiger partial charge >= 0.3 is 0 Å². The third kappa shape index (κ3) is 3.12. The van der Waals surface area contributed by atoms with E-state index in [0.29, 0.717) is 0 Å². The zero-order chi connectivity index (χ0) is 11.2. The molecule has 0 bridgehead atoms. The Morgan fingerprint density at radius 1 is 1.25 bits per heavy atom. The SMILES string of the molecule is CSc1ccc(CNCc2ncc[nH]2)cc1. The number of aromatic nitrogens is 2. The summed E-state index contributed by atoms with van der Waals surface area (Å²) in [6.07, 6.45) is 5.69. The van der Waals surface area contributed by atoms with Gasteiger partial charge in [0.15, 0.2) is 0 Å². The van der Waals surface area contributed by atoms with Crippen molar-refractivity contribution in [1.29, 1.82) is 0 Å². The van der Waals surface area contributed by atoms with Gasteiger partial charge < -0.3 is 10.3 Å². The van der Waals surface area contributed by atoms with E-state index in [-0.39, 0.29) is 0 Å². The maximum Gasteiger partial charge on any atom is 0.120 e. The molecular formula is C12H15N3S. The van der Waals surface area contributed by atoms with Crippen LogP contribution in [-0.4, -0.2) is 16.2 Å². The number of benzene rings is 1. The summed E-state index contributed by atoms with van der Waals surface area (Å²) in [6, 6.07) is 8.60. The van der Waals surface area contributed by atoms with Crippen molar-refractivity contribution >= 4 is 11.8 Å². The highest BCUT2D eigenvalue weighted by molar-refractivity contribution is 7.98. The lowest BCUT2D eigenvalue weighted by Gasteiger charge is -2.04. The van der Waals surface area contributed by atoms with Gasteiger partial charge in [-0.3, -0.25) is 0 Å². The summed E-state index contributed by atoms with van der Waals surface area (Å²) in [6.45, 7) is 1.65. The Kier molecular flexibility index (Phi) is 4.02. The standard InChI is InChI=1S/C12H15N3S/c1-16-11-4-2-10(3-5-11)8-13-9-12-14-6-7-15-12/h2-7,13H,8-9H2,1H3,(H,14,15). The Hall–Kier alpha value is -1.26. The van der Waals surface area contributed by atoms with Crippen molar-refractivity contribution in [2.75, 3.05) is 6.26 Å². The normalized spacial score (nSPS) is 10.6. The number of hydrogen-bond donors (Lipinski definition) is 2. The monoisotopic (exact) mass is 233 g/mol. The number of aromatic amines is 1. The highest BCUT2D eigenvalue weighted by Gasteiger charge is 1.96. The first-order valence-electron chi connectivity index (χ1n) is 5.20. The zero-order valence-corrected chi connectivity index (χ0v) is 10.1. The predicted molar refractivity (Wildman–Crippen MR) is 67.4 cm³/mol. The second-order valence-electron chi connectivity index (χ2n) is 3.49. The van der Waals surface area contributed by atoms with E-state index < -0.39 is 0 Å². The van der Waals surface area contributed by atoms with E-state index >= 15 is 0 Å². The van der Waals surface area contributed by atoms with Crippen LogP contribution >= 0.6 is 11.8 Å². The molecule has 3 nitrogen and oxygen atoms in total. The van der Waals surface area contributed by atoms with Crippen LogP contribution in [0.5, 0.6) is 0 Å². The molecule has 16 heavy (non-hydrogen) atoms. The lowest BCUT2D eigenvalue weighted by Crippen LogP contribution is -2.13. The lowest BCUT2D eigenvalue weighted by atomic mass is 10.2. The molecule has 0 unspecified atom stereocenters. The first-order valence-corrected chi connectivity index (χ1v) is 6.43.